The number of carbonyl (C=O) groups is 1. The molecule has 1 N–H and O–H groups in total. The molecule has 6 heteroatoms. The highest BCUT2D eigenvalue weighted by Crippen LogP contribution is 2.25. The molecule has 0 bridgehead atoms. The Balaban J connectivity index is 1.62. The third kappa shape index (κ3) is 4.27. The van der Waals surface area contributed by atoms with Crippen LogP contribution < -0.4 is 5.32 Å². The zero-order chi connectivity index (χ0) is 16.2. The number of hydrogen-bond donors (Lipinski definition) is 1. The number of hydrogen-bond acceptors (Lipinski definition) is 2. The van der Waals surface area contributed by atoms with Gasteiger partial charge >= 0.3 is 0 Å². The fourth-order valence-corrected chi connectivity index (χ4v) is 3.42. The maximum absolute atomic E-state index is 12.2. The van der Waals surface area contributed by atoms with Gasteiger partial charge in [0, 0.05) is 22.2 Å². The Hall–Kier alpha value is -1.52. The van der Waals surface area contributed by atoms with E-state index in [0.717, 1.165) is 36.9 Å². The summed E-state index contributed by atoms with van der Waals surface area (Å²) in [6, 6.07) is 5.40. The van der Waals surface area contributed by atoms with Gasteiger partial charge in [-0.15, -0.1) is 0 Å². The van der Waals surface area contributed by atoms with E-state index in [0.29, 0.717) is 16.6 Å². The summed E-state index contributed by atoms with van der Waals surface area (Å²) in [4.78, 5) is 12.2. The van der Waals surface area contributed by atoms with E-state index in [1.807, 2.05) is 12.3 Å². The Kier molecular flexibility index (Phi) is 5.23. The molecule has 1 aromatic heterocycles. The molecular weight excluding hydrogens is 333 g/mol. The van der Waals surface area contributed by atoms with E-state index >= 15 is 0 Å². The minimum atomic E-state index is 0.105. The molecule has 0 aliphatic heterocycles. The molecule has 0 saturated heterocycles. The van der Waals surface area contributed by atoms with Gasteiger partial charge in [-0.3, -0.25) is 9.48 Å². The van der Waals surface area contributed by atoms with E-state index in [1.54, 1.807) is 23.0 Å². The number of anilines is 1. The van der Waals surface area contributed by atoms with E-state index in [2.05, 4.69) is 10.4 Å². The summed E-state index contributed by atoms with van der Waals surface area (Å²) in [5, 5.41) is 8.47. The maximum Gasteiger partial charge on any atom is 0.227 e. The van der Waals surface area contributed by atoms with Crippen LogP contribution in [-0.2, 0) is 11.3 Å². The standard InChI is InChI=1S/C17H19Cl2N3O/c18-14-7-6-13(16(19)8-14)10-22-11-15(9-20-22)21-17(23)12-4-2-1-3-5-12/h6-9,11-12H,1-5,10H2,(H,21,23). The molecule has 1 heterocycles. The minimum Gasteiger partial charge on any atom is -0.323 e. The van der Waals surface area contributed by atoms with Gasteiger partial charge in [-0.05, 0) is 30.5 Å². The Morgan fingerprint density at radius 3 is 2.78 bits per heavy atom. The fourth-order valence-electron chi connectivity index (χ4n) is 2.95. The van der Waals surface area contributed by atoms with Gasteiger partial charge in [0.1, 0.15) is 0 Å². The van der Waals surface area contributed by atoms with E-state index in [4.69, 9.17) is 23.2 Å². The number of aromatic nitrogens is 2. The molecule has 0 unspecified atom stereocenters. The highest BCUT2D eigenvalue weighted by molar-refractivity contribution is 6.35. The summed E-state index contributed by atoms with van der Waals surface area (Å²) in [5.74, 6) is 0.242. The molecule has 1 fully saturated rings. The molecule has 4 nitrogen and oxygen atoms in total. The summed E-state index contributed by atoms with van der Waals surface area (Å²) < 4.78 is 1.76. The number of benzene rings is 1. The van der Waals surface area contributed by atoms with E-state index in [1.165, 1.54) is 6.42 Å². The number of carbonyl (C=O) groups excluding carboxylic acids is 1. The first kappa shape index (κ1) is 16.3. The Morgan fingerprint density at radius 1 is 1.26 bits per heavy atom. The number of halogens is 2. The predicted molar refractivity (Wildman–Crippen MR) is 93.0 cm³/mol. The van der Waals surface area contributed by atoms with Crippen LogP contribution in [0, 0.1) is 5.92 Å². The van der Waals surface area contributed by atoms with Gasteiger partial charge in [-0.25, -0.2) is 0 Å². The topological polar surface area (TPSA) is 46.9 Å². The summed E-state index contributed by atoms with van der Waals surface area (Å²) >= 11 is 12.1. The van der Waals surface area contributed by atoms with E-state index in [-0.39, 0.29) is 11.8 Å². The van der Waals surface area contributed by atoms with Crippen LogP contribution in [0.4, 0.5) is 5.69 Å². The third-order valence-electron chi connectivity index (χ3n) is 4.22. The van der Waals surface area contributed by atoms with Crippen LogP contribution in [0.2, 0.25) is 10.0 Å². The van der Waals surface area contributed by atoms with Crippen LogP contribution in [-0.4, -0.2) is 15.7 Å². The van der Waals surface area contributed by atoms with Crippen LogP contribution >= 0.6 is 23.2 Å². The molecule has 1 aromatic carbocycles. The van der Waals surface area contributed by atoms with Gasteiger partial charge in [0.2, 0.25) is 5.91 Å². The quantitative estimate of drug-likeness (QED) is 0.863. The highest BCUT2D eigenvalue weighted by Gasteiger charge is 2.21. The second-order valence-corrected chi connectivity index (χ2v) is 6.83. The monoisotopic (exact) mass is 351 g/mol. The molecule has 1 saturated carbocycles. The Bertz CT molecular complexity index is 693. The minimum absolute atomic E-state index is 0.105. The number of amides is 1. The first-order valence-corrected chi connectivity index (χ1v) is 8.64. The van der Waals surface area contributed by atoms with Gasteiger partial charge in [0.15, 0.2) is 0 Å². The zero-order valence-corrected chi connectivity index (χ0v) is 14.3. The molecular formula is C17H19Cl2N3O. The van der Waals surface area contributed by atoms with Crippen LogP contribution in [0.5, 0.6) is 0 Å². The Morgan fingerprint density at radius 2 is 2.04 bits per heavy atom. The first-order chi connectivity index (χ1) is 11.1. The lowest BCUT2D eigenvalue weighted by Crippen LogP contribution is -2.24. The molecule has 122 valence electrons. The second-order valence-electron chi connectivity index (χ2n) is 5.99. The lowest BCUT2D eigenvalue weighted by Gasteiger charge is -2.20. The molecule has 0 radical (unpaired) electrons. The van der Waals surface area contributed by atoms with Crippen molar-refractivity contribution in [2.24, 2.45) is 5.92 Å². The SMILES string of the molecule is O=C(Nc1cnn(Cc2ccc(Cl)cc2Cl)c1)C1CCCCC1. The fraction of sp³-hybridized carbons (Fsp3) is 0.412. The van der Waals surface area contributed by atoms with Crippen LogP contribution in [0.3, 0.4) is 0 Å². The smallest absolute Gasteiger partial charge is 0.227 e. The van der Waals surface area contributed by atoms with Gasteiger partial charge in [0.25, 0.3) is 0 Å². The van der Waals surface area contributed by atoms with Crippen molar-refractivity contribution in [1.82, 2.24) is 9.78 Å². The van der Waals surface area contributed by atoms with Crippen molar-refractivity contribution < 1.29 is 4.79 Å². The highest BCUT2D eigenvalue weighted by atomic mass is 35.5. The van der Waals surface area contributed by atoms with Crippen molar-refractivity contribution >= 4 is 34.8 Å². The van der Waals surface area contributed by atoms with Crippen molar-refractivity contribution in [2.45, 2.75) is 38.6 Å². The van der Waals surface area contributed by atoms with Crippen molar-refractivity contribution in [3.05, 3.63) is 46.2 Å². The zero-order valence-electron chi connectivity index (χ0n) is 12.8. The lowest BCUT2D eigenvalue weighted by molar-refractivity contribution is -0.120. The summed E-state index contributed by atoms with van der Waals surface area (Å²) in [6.45, 7) is 0.537. The summed E-state index contributed by atoms with van der Waals surface area (Å²) in [5.41, 5.74) is 1.66. The van der Waals surface area contributed by atoms with Crippen molar-refractivity contribution in [2.75, 3.05) is 5.32 Å². The van der Waals surface area contributed by atoms with Crippen molar-refractivity contribution in [1.29, 1.82) is 0 Å². The average Bonchev–Trinajstić information content (AvgIpc) is 2.98. The Labute approximate surface area is 145 Å². The van der Waals surface area contributed by atoms with Crippen molar-refractivity contribution in [3.63, 3.8) is 0 Å². The van der Waals surface area contributed by atoms with Crippen LogP contribution in [0.1, 0.15) is 37.7 Å². The van der Waals surface area contributed by atoms with Gasteiger partial charge < -0.3 is 5.32 Å². The molecule has 2 aromatic rings. The predicted octanol–water partition coefficient (Wildman–Crippen LogP) is 4.76. The van der Waals surface area contributed by atoms with Gasteiger partial charge in [-0.1, -0.05) is 48.5 Å². The normalized spacial score (nSPS) is 15.6. The third-order valence-corrected chi connectivity index (χ3v) is 4.81. The first-order valence-electron chi connectivity index (χ1n) is 7.89. The molecule has 1 amide bonds. The molecule has 1 aliphatic carbocycles. The molecule has 23 heavy (non-hydrogen) atoms. The van der Waals surface area contributed by atoms with Crippen molar-refractivity contribution in [3.8, 4) is 0 Å². The number of nitrogens with zero attached hydrogens (tertiary/aromatic N) is 2. The summed E-state index contributed by atoms with van der Waals surface area (Å²) in [7, 11) is 0. The summed E-state index contributed by atoms with van der Waals surface area (Å²) in [6.07, 6.45) is 9.00. The average molecular weight is 352 g/mol. The van der Waals surface area contributed by atoms with Gasteiger partial charge in [0.05, 0.1) is 18.4 Å². The van der Waals surface area contributed by atoms with Crippen LogP contribution in [0.15, 0.2) is 30.6 Å². The van der Waals surface area contributed by atoms with Gasteiger partial charge in [-0.2, -0.15) is 5.10 Å². The number of rotatable bonds is 4. The van der Waals surface area contributed by atoms with E-state index in [9.17, 15) is 4.79 Å². The van der Waals surface area contributed by atoms with E-state index < -0.39 is 0 Å². The molecule has 3 rings (SSSR count). The largest absolute Gasteiger partial charge is 0.323 e. The lowest BCUT2D eigenvalue weighted by atomic mass is 9.89. The maximum atomic E-state index is 12.2. The molecule has 1 aliphatic rings. The molecule has 0 spiro atoms. The molecule has 0 atom stereocenters. The second kappa shape index (κ2) is 7.37. The van der Waals surface area contributed by atoms with Crippen LogP contribution in [0.25, 0.3) is 0 Å². The number of nitrogens with one attached hydrogen (secondary N) is 1.